The van der Waals surface area contributed by atoms with Crippen molar-refractivity contribution in [2.45, 2.75) is 24.6 Å². The van der Waals surface area contributed by atoms with Gasteiger partial charge >= 0.3 is 0 Å². The molecule has 0 radical (unpaired) electrons. The highest BCUT2D eigenvalue weighted by Gasteiger charge is 2.24. The Morgan fingerprint density at radius 2 is 1.82 bits per heavy atom. The zero-order valence-electron chi connectivity index (χ0n) is 9.46. The third-order valence-corrected chi connectivity index (χ3v) is 3.75. The number of benzene rings is 1. The fraction of sp³-hybridized carbons (Fsp3) is 0.538. The van der Waals surface area contributed by atoms with Gasteiger partial charge in [0.25, 0.3) is 0 Å². The van der Waals surface area contributed by atoms with E-state index in [1.807, 2.05) is 0 Å². The molecule has 1 atom stereocenters. The van der Waals surface area contributed by atoms with Crippen LogP contribution in [0.25, 0.3) is 0 Å². The Bertz CT molecular complexity index is 357. The van der Waals surface area contributed by atoms with Crippen molar-refractivity contribution in [3.8, 4) is 0 Å². The first-order chi connectivity index (χ1) is 8.18. The lowest BCUT2D eigenvalue weighted by molar-refractivity contribution is 0.0650. The van der Waals surface area contributed by atoms with Crippen LogP contribution in [0.3, 0.4) is 0 Å². The average Bonchev–Trinajstić information content (AvgIpc) is 2.35. The Morgan fingerprint density at radius 1 is 1.24 bits per heavy atom. The first-order valence-electron chi connectivity index (χ1n) is 5.83. The number of hydrogen-bond acceptors (Lipinski definition) is 1. The normalized spacial score (nSPS) is 19.2. The van der Waals surface area contributed by atoms with Gasteiger partial charge in [-0.3, -0.25) is 0 Å². The summed E-state index contributed by atoms with van der Waals surface area (Å²) in [5.74, 6) is -0.741. The summed E-state index contributed by atoms with van der Waals surface area (Å²) >= 11 is 6.25. The summed E-state index contributed by atoms with van der Waals surface area (Å²) in [6.45, 7) is 1.38. The van der Waals surface area contributed by atoms with E-state index in [-0.39, 0.29) is 23.3 Å². The van der Waals surface area contributed by atoms with Crippen molar-refractivity contribution in [3.63, 3.8) is 0 Å². The quantitative estimate of drug-likeness (QED) is 0.756. The Hall–Kier alpha value is -0.670. The molecule has 4 heteroatoms. The van der Waals surface area contributed by atoms with E-state index in [1.54, 1.807) is 0 Å². The zero-order valence-corrected chi connectivity index (χ0v) is 10.2. The van der Waals surface area contributed by atoms with Gasteiger partial charge in [0, 0.05) is 24.2 Å². The van der Waals surface area contributed by atoms with Crippen LogP contribution in [0, 0.1) is 17.6 Å². The van der Waals surface area contributed by atoms with Gasteiger partial charge in [-0.05, 0) is 37.3 Å². The lowest BCUT2D eigenvalue weighted by Gasteiger charge is -2.26. The van der Waals surface area contributed by atoms with E-state index in [0.717, 1.165) is 12.8 Å². The molecular weight excluding hydrogens is 246 g/mol. The van der Waals surface area contributed by atoms with Gasteiger partial charge in [0.1, 0.15) is 11.6 Å². The van der Waals surface area contributed by atoms with E-state index < -0.39 is 11.6 Å². The Kier molecular flexibility index (Phi) is 4.35. The first kappa shape index (κ1) is 12.8. The number of ether oxygens (including phenoxy) is 1. The van der Waals surface area contributed by atoms with Crippen LogP contribution in [0.1, 0.15) is 18.4 Å². The molecule has 0 N–H and O–H groups in total. The summed E-state index contributed by atoms with van der Waals surface area (Å²) in [6, 6.07) is 3.91. The summed E-state index contributed by atoms with van der Waals surface area (Å²) in [5, 5.41) is -0.231. The van der Waals surface area contributed by atoms with Gasteiger partial charge < -0.3 is 4.74 Å². The summed E-state index contributed by atoms with van der Waals surface area (Å²) < 4.78 is 32.2. The van der Waals surface area contributed by atoms with Crippen LogP contribution < -0.4 is 0 Å². The largest absolute Gasteiger partial charge is 0.381 e. The molecule has 1 unspecified atom stereocenters. The Morgan fingerprint density at radius 3 is 2.41 bits per heavy atom. The summed E-state index contributed by atoms with van der Waals surface area (Å²) in [5.41, 5.74) is 0.0963. The van der Waals surface area contributed by atoms with Crippen molar-refractivity contribution in [2.75, 3.05) is 13.2 Å². The predicted molar refractivity (Wildman–Crippen MR) is 63.2 cm³/mol. The molecule has 94 valence electrons. The molecule has 0 bridgehead atoms. The van der Waals surface area contributed by atoms with Gasteiger partial charge in [-0.25, -0.2) is 8.78 Å². The van der Waals surface area contributed by atoms with Crippen molar-refractivity contribution < 1.29 is 13.5 Å². The second-order valence-corrected chi connectivity index (χ2v) is 4.93. The number of alkyl halides is 1. The van der Waals surface area contributed by atoms with Gasteiger partial charge in [-0.15, -0.1) is 11.6 Å². The molecule has 1 nitrogen and oxygen atoms in total. The molecule has 0 amide bonds. The van der Waals surface area contributed by atoms with Crippen LogP contribution in [-0.2, 0) is 11.2 Å². The van der Waals surface area contributed by atoms with Crippen LogP contribution in [0.4, 0.5) is 8.78 Å². The van der Waals surface area contributed by atoms with Crippen molar-refractivity contribution in [1.82, 2.24) is 0 Å². The summed E-state index contributed by atoms with van der Waals surface area (Å²) in [7, 11) is 0. The van der Waals surface area contributed by atoms with Gasteiger partial charge in [0.2, 0.25) is 0 Å². The second kappa shape index (κ2) is 5.78. The van der Waals surface area contributed by atoms with Crippen LogP contribution >= 0.6 is 11.6 Å². The van der Waals surface area contributed by atoms with Gasteiger partial charge in [0.15, 0.2) is 0 Å². The molecule has 0 spiro atoms. The maximum atomic E-state index is 13.5. The van der Waals surface area contributed by atoms with Crippen LogP contribution in [0.15, 0.2) is 18.2 Å². The minimum Gasteiger partial charge on any atom is -0.381 e. The smallest absolute Gasteiger partial charge is 0.129 e. The molecule has 0 saturated carbocycles. The fourth-order valence-corrected chi connectivity index (χ4v) is 2.57. The predicted octanol–water partition coefficient (Wildman–Crippen LogP) is 3.54. The molecule has 1 fully saturated rings. The van der Waals surface area contributed by atoms with Crippen molar-refractivity contribution >= 4 is 11.6 Å². The van der Waals surface area contributed by atoms with Crippen molar-refractivity contribution in [2.24, 2.45) is 5.92 Å². The third-order valence-electron chi connectivity index (χ3n) is 3.24. The van der Waals surface area contributed by atoms with E-state index in [4.69, 9.17) is 16.3 Å². The van der Waals surface area contributed by atoms with Crippen LogP contribution in [-0.4, -0.2) is 18.6 Å². The van der Waals surface area contributed by atoms with Gasteiger partial charge in [-0.2, -0.15) is 0 Å². The molecule has 0 aromatic heterocycles. The van der Waals surface area contributed by atoms with E-state index >= 15 is 0 Å². The Balaban J connectivity index is 2.04. The standard InChI is InChI=1S/C13H15ClF2O/c14-11(9-4-6-17-7-5-9)8-10-12(15)2-1-3-13(10)16/h1-3,9,11H,4-8H2. The van der Waals surface area contributed by atoms with E-state index in [0.29, 0.717) is 13.2 Å². The van der Waals surface area contributed by atoms with Crippen molar-refractivity contribution in [1.29, 1.82) is 0 Å². The zero-order chi connectivity index (χ0) is 12.3. The maximum Gasteiger partial charge on any atom is 0.129 e. The molecule has 1 saturated heterocycles. The second-order valence-electron chi connectivity index (χ2n) is 4.37. The molecule has 1 aliphatic rings. The average molecular weight is 261 g/mol. The SMILES string of the molecule is Fc1cccc(F)c1CC(Cl)C1CCOCC1. The molecule has 1 heterocycles. The fourth-order valence-electron chi connectivity index (χ4n) is 2.17. The number of hydrogen-bond donors (Lipinski definition) is 0. The highest BCUT2D eigenvalue weighted by Crippen LogP contribution is 2.27. The van der Waals surface area contributed by atoms with Gasteiger partial charge in [0.05, 0.1) is 0 Å². The molecule has 0 aliphatic carbocycles. The summed E-state index contributed by atoms with van der Waals surface area (Å²) in [6.07, 6.45) is 1.97. The summed E-state index contributed by atoms with van der Waals surface area (Å²) in [4.78, 5) is 0. The van der Waals surface area contributed by atoms with Crippen molar-refractivity contribution in [3.05, 3.63) is 35.4 Å². The minimum atomic E-state index is -0.511. The Labute approximate surface area is 105 Å². The molecular formula is C13H15ClF2O. The highest BCUT2D eigenvalue weighted by molar-refractivity contribution is 6.20. The molecule has 17 heavy (non-hydrogen) atoms. The van der Waals surface area contributed by atoms with Crippen LogP contribution in [0.5, 0.6) is 0 Å². The number of halogens is 3. The third kappa shape index (κ3) is 3.17. The maximum absolute atomic E-state index is 13.5. The van der Waals surface area contributed by atoms with E-state index in [1.165, 1.54) is 18.2 Å². The molecule has 1 aliphatic heterocycles. The lowest BCUT2D eigenvalue weighted by Crippen LogP contribution is -2.25. The number of rotatable bonds is 3. The topological polar surface area (TPSA) is 9.23 Å². The molecule has 1 aromatic carbocycles. The highest BCUT2D eigenvalue weighted by atomic mass is 35.5. The molecule has 2 rings (SSSR count). The lowest BCUT2D eigenvalue weighted by atomic mass is 9.92. The monoisotopic (exact) mass is 260 g/mol. The first-order valence-corrected chi connectivity index (χ1v) is 6.27. The molecule has 1 aromatic rings. The van der Waals surface area contributed by atoms with E-state index in [2.05, 4.69) is 0 Å². The van der Waals surface area contributed by atoms with Gasteiger partial charge in [-0.1, -0.05) is 6.07 Å². The van der Waals surface area contributed by atoms with E-state index in [9.17, 15) is 8.78 Å². The van der Waals surface area contributed by atoms with Crippen LogP contribution in [0.2, 0.25) is 0 Å². The minimum absolute atomic E-state index is 0.0963.